The number of nitrogens with one attached hydrogen (secondary N) is 1. The molecule has 0 unspecified atom stereocenters. The van der Waals surface area contributed by atoms with Crippen LogP contribution in [0.15, 0.2) is 29.2 Å². The summed E-state index contributed by atoms with van der Waals surface area (Å²) in [5, 5.41) is 0. The lowest BCUT2D eigenvalue weighted by molar-refractivity contribution is 1.32. The molecule has 0 saturated carbocycles. The normalized spacial score (nSPS) is 9.40. The van der Waals surface area contributed by atoms with E-state index in [9.17, 15) is 0 Å². The van der Waals surface area contributed by atoms with Gasteiger partial charge in [0, 0.05) is 10.6 Å². The summed E-state index contributed by atoms with van der Waals surface area (Å²) in [6.07, 6.45) is 2.04. The molecule has 0 amide bonds. The summed E-state index contributed by atoms with van der Waals surface area (Å²) in [7, 11) is 0. The molecule has 0 aliphatic heterocycles. The first-order valence-electron chi connectivity index (χ1n) is 2.97. The topological polar surface area (TPSA) is 38.0 Å². The molecule has 0 aromatic heterocycles. The van der Waals surface area contributed by atoms with Gasteiger partial charge in [-0.25, -0.2) is 0 Å². The van der Waals surface area contributed by atoms with E-state index in [0.29, 0.717) is 0 Å². The molecule has 3 N–H and O–H groups in total. The largest absolute Gasteiger partial charge is 0.324 e. The van der Waals surface area contributed by atoms with Gasteiger partial charge in [-0.15, -0.1) is 11.8 Å². The lowest BCUT2D eigenvalue weighted by atomic mass is 10.3. The van der Waals surface area contributed by atoms with Gasteiger partial charge in [0.1, 0.15) is 0 Å². The van der Waals surface area contributed by atoms with Gasteiger partial charge in [0.15, 0.2) is 0 Å². The zero-order valence-corrected chi connectivity index (χ0v) is 6.61. The molecule has 0 aliphatic rings. The molecule has 1 rings (SSSR count). The van der Waals surface area contributed by atoms with Crippen molar-refractivity contribution in [1.82, 2.24) is 0 Å². The summed E-state index contributed by atoms with van der Waals surface area (Å²) in [5.41, 5.74) is 3.54. The number of hydrazine groups is 1. The first kappa shape index (κ1) is 7.44. The third-order valence-corrected chi connectivity index (χ3v) is 1.96. The van der Waals surface area contributed by atoms with Crippen LogP contribution >= 0.6 is 11.8 Å². The predicted molar refractivity (Wildman–Crippen MR) is 46.0 cm³/mol. The number of benzene rings is 1. The Morgan fingerprint density at radius 2 is 2.30 bits per heavy atom. The molecule has 0 atom stereocenters. The fourth-order valence-corrected chi connectivity index (χ4v) is 1.17. The van der Waals surface area contributed by atoms with Crippen molar-refractivity contribution >= 4 is 17.4 Å². The lowest BCUT2D eigenvalue weighted by Crippen LogP contribution is -2.06. The standard InChI is InChI=1S/C7H10N2S/c1-10-7-4-2-3-6(5-7)9-8/h2-5,9H,8H2,1H3. The third kappa shape index (κ3) is 1.65. The maximum absolute atomic E-state index is 5.21. The van der Waals surface area contributed by atoms with Crippen LogP contribution in [0.5, 0.6) is 0 Å². The molecule has 2 nitrogen and oxygen atoms in total. The van der Waals surface area contributed by atoms with Crippen LogP contribution in [0.2, 0.25) is 0 Å². The average Bonchev–Trinajstić information content (AvgIpc) is 2.05. The van der Waals surface area contributed by atoms with Crippen LogP contribution in [0.25, 0.3) is 0 Å². The second kappa shape index (κ2) is 3.49. The molecule has 54 valence electrons. The number of nitrogen functional groups attached to an aromatic ring is 1. The van der Waals surface area contributed by atoms with Crippen LogP contribution in [0.1, 0.15) is 0 Å². The Morgan fingerprint density at radius 1 is 1.50 bits per heavy atom. The number of thioether (sulfide) groups is 1. The minimum atomic E-state index is 0.951. The van der Waals surface area contributed by atoms with Crippen molar-refractivity contribution in [3.63, 3.8) is 0 Å². The van der Waals surface area contributed by atoms with E-state index < -0.39 is 0 Å². The summed E-state index contributed by atoms with van der Waals surface area (Å²) in [4.78, 5) is 1.22. The van der Waals surface area contributed by atoms with Gasteiger partial charge in [0.2, 0.25) is 0 Å². The monoisotopic (exact) mass is 154 g/mol. The Labute approximate surface area is 64.8 Å². The van der Waals surface area contributed by atoms with E-state index in [2.05, 4.69) is 5.43 Å². The van der Waals surface area contributed by atoms with E-state index in [1.807, 2.05) is 30.5 Å². The molecule has 0 aliphatic carbocycles. The summed E-state index contributed by atoms with van der Waals surface area (Å²) in [6, 6.07) is 7.96. The molecule has 0 saturated heterocycles. The van der Waals surface area contributed by atoms with E-state index in [1.165, 1.54) is 4.90 Å². The summed E-state index contributed by atoms with van der Waals surface area (Å²) < 4.78 is 0. The van der Waals surface area contributed by atoms with E-state index in [-0.39, 0.29) is 0 Å². The number of anilines is 1. The molecule has 0 spiro atoms. The van der Waals surface area contributed by atoms with Gasteiger partial charge in [-0.1, -0.05) is 6.07 Å². The van der Waals surface area contributed by atoms with Crippen LogP contribution in [0.3, 0.4) is 0 Å². The van der Waals surface area contributed by atoms with Crippen LogP contribution < -0.4 is 11.3 Å². The third-order valence-electron chi connectivity index (χ3n) is 1.24. The minimum Gasteiger partial charge on any atom is -0.324 e. The fourth-order valence-electron chi connectivity index (χ4n) is 0.713. The van der Waals surface area contributed by atoms with Crippen molar-refractivity contribution in [2.24, 2.45) is 5.84 Å². The summed E-state index contributed by atoms with van der Waals surface area (Å²) in [5.74, 6) is 5.21. The molecule has 0 radical (unpaired) electrons. The van der Waals surface area contributed by atoms with E-state index in [4.69, 9.17) is 5.84 Å². The molecule has 1 aromatic carbocycles. The molecular weight excluding hydrogens is 144 g/mol. The van der Waals surface area contributed by atoms with Crippen molar-refractivity contribution in [3.05, 3.63) is 24.3 Å². The molecule has 3 heteroatoms. The number of hydrogen-bond acceptors (Lipinski definition) is 3. The molecule has 1 aromatic rings. The second-order valence-corrected chi connectivity index (χ2v) is 2.76. The molecule has 0 fully saturated rings. The lowest BCUT2D eigenvalue weighted by Gasteiger charge is -2.00. The van der Waals surface area contributed by atoms with Crippen molar-refractivity contribution in [2.75, 3.05) is 11.7 Å². The van der Waals surface area contributed by atoms with Gasteiger partial charge in [0.25, 0.3) is 0 Å². The number of nitrogens with two attached hydrogens (primary N) is 1. The van der Waals surface area contributed by atoms with Gasteiger partial charge in [-0.05, 0) is 24.5 Å². The maximum atomic E-state index is 5.21. The van der Waals surface area contributed by atoms with E-state index in [1.54, 1.807) is 11.8 Å². The number of hydrogen-bond donors (Lipinski definition) is 2. The Kier molecular flexibility index (Phi) is 2.59. The van der Waals surface area contributed by atoms with Gasteiger partial charge >= 0.3 is 0 Å². The molecule has 0 heterocycles. The Bertz CT molecular complexity index is 193. The quantitative estimate of drug-likeness (QED) is 0.387. The second-order valence-electron chi connectivity index (χ2n) is 1.88. The molecule has 10 heavy (non-hydrogen) atoms. The average molecular weight is 154 g/mol. The zero-order valence-electron chi connectivity index (χ0n) is 5.79. The highest BCUT2D eigenvalue weighted by atomic mass is 32.2. The first-order valence-corrected chi connectivity index (χ1v) is 4.20. The summed E-state index contributed by atoms with van der Waals surface area (Å²) in [6.45, 7) is 0. The highest BCUT2D eigenvalue weighted by Gasteiger charge is 1.89. The van der Waals surface area contributed by atoms with E-state index >= 15 is 0 Å². The van der Waals surface area contributed by atoms with Gasteiger partial charge in [-0.2, -0.15) is 0 Å². The Hall–Kier alpha value is -0.670. The summed E-state index contributed by atoms with van der Waals surface area (Å²) >= 11 is 1.70. The molecule has 0 bridgehead atoms. The van der Waals surface area contributed by atoms with Crippen molar-refractivity contribution in [3.8, 4) is 0 Å². The van der Waals surface area contributed by atoms with Crippen molar-refractivity contribution in [1.29, 1.82) is 0 Å². The highest BCUT2D eigenvalue weighted by molar-refractivity contribution is 7.98. The zero-order chi connectivity index (χ0) is 7.40. The van der Waals surface area contributed by atoms with Crippen LogP contribution in [-0.4, -0.2) is 6.26 Å². The Morgan fingerprint density at radius 3 is 2.90 bits per heavy atom. The molecular formula is C7H10N2S. The van der Waals surface area contributed by atoms with Crippen LogP contribution in [-0.2, 0) is 0 Å². The highest BCUT2D eigenvalue weighted by Crippen LogP contribution is 2.17. The predicted octanol–water partition coefficient (Wildman–Crippen LogP) is 1.69. The van der Waals surface area contributed by atoms with Gasteiger partial charge in [-0.3, -0.25) is 5.84 Å². The Balaban J connectivity index is 2.87. The number of rotatable bonds is 2. The fraction of sp³-hybridized carbons (Fsp3) is 0.143. The maximum Gasteiger partial charge on any atom is 0.0496 e. The SMILES string of the molecule is CSc1cccc(NN)c1. The van der Waals surface area contributed by atoms with Crippen LogP contribution in [0, 0.1) is 0 Å². The first-order chi connectivity index (χ1) is 4.86. The van der Waals surface area contributed by atoms with E-state index in [0.717, 1.165) is 5.69 Å². The minimum absolute atomic E-state index is 0.951. The van der Waals surface area contributed by atoms with Gasteiger partial charge < -0.3 is 5.43 Å². The smallest absolute Gasteiger partial charge is 0.0496 e. The van der Waals surface area contributed by atoms with Crippen molar-refractivity contribution < 1.29 is 0 Å². The van der Waals surface area contributed by atoms with Crippen LogP contribution in [0.4, 0.5) is 5.69 Å². The van der Waals surface area contributed by atoms with Gasteiger partial charge in [0.05, 0.1) is 0 Å². The van der Waals surface area contributed by atoms with Crippen molar-refractivity contribution in [2.45, 2.75) is 4.90 Å².